The number of benzene rings is 2. The predicted octanol–water partition coefficient (Wildman–Crippen LogP) is 2.59. The molecular formula is C16H17NO3S. The Morgan fingerprint density at radius 2 is 1.76 bits per heavy atom. The maximum absolute atomic E-state index is 11.9. The predicted molar refractivity (Wildman–Crippen MR) is 82.4 cm³/mol. The monoisotopic (exact) mass is 303 g/mol. The van der Waals surface area contributed by atoms with Crippen molar-refractivity contribution in [1.29, 1.82) is 0 Å². The lowest BCUT2D eigenvalue weighted by Gasteiger charge is -2.15. The van der Waals surface area contributed by atoms with E-state index >= 15 is 0 Å². The SMILES string of the molecule is O=S1(=O)CCCN1Cc1cccc(-c2cccc(O)c2)c1. The van der Waals surface area contributed by atoms with E-state index in [-0.39, 0.29) is 11.5 Å². The fourth-order valence-electron chi connectivity index (χ4n) is 2.61. The molecule has 0 amide bonds. The van der Waals surface area contributed by atoms with Gasteiger partial charge in [0.2, 0.25) is 10.0 Å². The molecule has 0 aromatic heterocycles. The molecule has 3 rings (SSSR count). The topological polar surface area (TPSA) is 57.6 Å². The molecule has 0 bridgehead atoms. The first kappa shape index (κ1) is 14.1. The van der Waals surface area contributed by atoms with E-state index in [9.17, 15) is 13.5 Å². The lowest BCUT2D eigenvalue weighted by atomic mass is 10.0. The van der Waals surface area contributed by atoms with Crippen LogP contribution in [0.3, 0.4) is 0 Å². The van der Waals surface area contributed by atoms with Crippen LogP contribution in [-0.2, 0) is 16.6 Å². The highest BCUT2D eigenvalue weighted by Crippen LogP contribution is 2.25. The highest BCUT2D eigenvalue weighted by atomic mass is 32.2. The van der Waals surface area contributed by atoms with Crippen molar-refractivity contribution in [3.05, 3.63) is 54.1 Å². The van der Waals surface area contributed by atoms with Gasteiger partial charge in [0.1, 0.15) is 5.75 Å². The van der Waals surface area contributed by atoms with Crippen molar-refractivity contribution in [1.82, 2.24) is 4.31 Å². The molecular weight excluding hydrogens is 286 g/mol. The van der Waals surface area contributed by atoms with Gasteiger partial charge in [0.15, 0.2) is 0 Å². The first-order chi connectivity index (χ1) is 10.0. The molecule has 0 spiro atoms. The second kappa shape index (κ2) is 5.50. The Morgan fingerprint density at radius 3 is 2.43 bits per heavy atom. The Morgan fingerprint density at radius 1 is 1.05 bits per heavy atom. The van der Waals surface area contributed by atoms with Crippen LogP contribution in [0.1, 0.15) is 12.0 Å². The largest absolute Gasteiger partial charge is 0.508 e. The van der Waals surface area contributed by atoms with Crippen molar-refractivity contribution in [3.63, 3.8) is 0 Å². The average molecular weight is 303 g/mol. The highest BCUT2D eigenvalue weighted by molar-refractivity contribution is 7.89. The van der Waals surface area contributed by atoms with Gasteiger partial charge in [-0.15, -0.1) is 0 Å². The van der Waals surface area contributed by atoms with E-state index in [1.54, 1.807) is 18.2 Å². The van der Waals surface area contributed by atoms with E-state index in [1.807, 2.05) is 30.3 Å². The summed E-state index contributed by atoms with van der Waals surface area (Å²) in [5, 5.41) is 9.55. The van der Waals surface area contributed by atoms with E-state index in [1.165, 1.54) is 4.31 Å². The third-order valence-electron chi connectivity index (χ3n) is 3.67. The molecule has 5 heteroatoms. The van der Waals surface area contributed by atoms with Crippen LogP contribution in [0.15, 0.2) is 48.5 Å². The van der Waals surface area contributed by atoms with Crippen molar-refractivity contribution >= 4 is 10.0 Å². The van der Waals surface area contributed by atoms with Crippen molar-refractivity contribution in [2.24, 2.45) is 0 Å². The minimum atomic E-state index is -3.08. The number of phenols is 1. The van der Waals surface area contributed by atoms with E-state index in [0.717, 1.165) is 16.7 Å². The first-order valence-corrected chi connectivity index (χ1v) is 8.52. The molecule has 0 unspecified atom stereocenters. The molecule has 0 radical (unpaired) electrons. The molecule has 0 atom stereocenters. The highest BCUT2D eigenvalue weighted by Gasteiger charge is 2.27. The molecule has 1 heterocycles. The molecule has 1 N–H and O–H groups in total. The van der Waals surface area contributed by atoms with Crippen LogP contribution in [0, 0.1) is 0 Å². The van der Waals surface area contributed by atoms with Crippen LogP contribution in [0.25, 0.3) is 11.1 Å². The fraction of sp³-hybridized carbons (Fsp3) is 0.250. The summed E-state index contributed by atoms with van der Waals surface area (Å²) in [6, 6.07) is 14.8. The van der Waals surface area contributed by atoms with Crippen molar-refractivity contribution in [2.75, 3.05) is 12.3 Å². The van der Waals surface area contributed by atoms with Crippen LogP contribution < -0.4 is 0 Å². The Bertz CT molecular complexity index is 756. The standard InChI is InChI=1S/C16H17NO3S/c18-16-7-2-6-15(11-16)14-5-1-4-13(10-14)12-17-8-3-9-21(17,19)20/h1-2,4-7,10-11,18H,3,8-9,12H2. The van der Waals surface area contributed by atoms with Gasteiger partial charge in [0.05, 0.1) is 5.75 Å². The van der Waals surface area contributed by atoms with Gasteiger partial charge >= 0.3 is 0 Å². The molecule has 0 saturated carbocycles. The molecule has 1 aliphatic heterocycles. The molecule has 1 saturated heterocycles. The minimum Gasteiger partial charge on any atom is -0.508 e. The quantitative estimate of drug-likeness (QED) is 0.948. The molecule has 110 valence electrons. The van der Waals surface area contributed by atoms with Crippen LogP contribution in [-0.4, -0.2) is 30.1 Å². The van der Waals surface area contributed by atoms with Crippen LogP contribution >= 0.6 is 0 Å². The lowest BCUT2D eigenvalue weighted by molar-refractivity contribution is 0.440. The Labute approximate surface area is 124 Å². The van der Waals surface area contributed by atoms with E-state index in [0.29, 0.717) is 19.5 Å². The second-order valence-electron chi connectivity index (χ2n) is 5.25. The Hall–Kier alpha value is -1.85. The molecule has 2 aromatic rings. The number of aromatic hydroxyl groups is 1. The number of sulfonamides is 1. The summed E-state index contributed by atoms with van der Waals surface area (Å²) in [7, 11) is -3.08. The number of hydrogen-bond acceptors (Lipinski definition) is 3. The molecule has 2 aromatic carbocycles. The van der Waals surface area contributed by atoms with E-state index in [2.05, 4.69) is 0 Å². The summed E-state index contributed by atoms with van der Waals surface area (Å²) in [6.45, 7) is 1.01. The second-order valence-corrected chi connectivity index (χ2v) is 7.34. The van der Waals surface area contributed by atoms with Crippen molar-refractivity contribution in [2.45, 2.75) is 13.0 Å². The van der Waals surface area contributed by atoms with Crippen LogP contribution in [0.5, 0.6) is 5.75 Å². The van der Waals surface area contributed by atoms with Crippen LogP contribution in [0.2, 0.25) is 0 Å². The third kappa shape index (κ3) is 3.09. The van der Waals surface area contributed by atoms with Gasteiger partial charge in [-0.2, -0.15) is 4.31 Å². The van der Waals surface area contributed by atoms with Gasteiger partial charge in [0.25, 0.3) is 0 Å². The van der Waals surface area contributed by atoms with Gasteiger partial charge < -0.3 is 5.11 Å². The zero-order chi connectivity index (χ0) is 14.9. The fourth-order valence-corrected chi connectivity index (χ4v) is 4.11. The van der Waals surface area contributed by atoms with Gasteiger partial charge in [-0.05, 0) is 41.3 Å². The summed E-state index contributed by atoms with van der Waals surface area (Å²) in [4.78, 5) is 0. The van der Waals surface area contributed by atoms with Gasteiger partial charge in [0, 0.05) is 13.1 Å². The summed E-state index contributed by atoms with van der Waals surface area (Å²) in [5.41, 5.74) is 2.85. The summed E-state index contributed by atoms with van der Waals surface area (Å²) >= 11 is 0. The third-order valence-corrected chi connectivity index (χ3v) is 5.57. The Balaban J connectivity index is 1.87. The van der Waals surface area contributed by atoms with Crippen molar-refractivity contribution in [3.8, 4) is 16.9 Å². The molecule has 21 heavy (non-hydrogen) atoms. The number of phenolic OH excluding ortho intramolecular Hbond substituents is 1. The maximum atomic E-state index is 11.9. The lowest BCUT2D eigenvalue weighted by Crippen LogP contribution is -2.25. The van der Waals surface area contributed by atoms with Crippen LogP contribution in [0.4, 0.5) is 0 Å². The maximum Gasteiger partial charge on any atom is 0.214 e. The van der Waals surface area contributed by atoms with Gasteiger partial charge in [-0.25, -0.2) is 8.42 Å². The normalized spacial score (nSPS) is 17.9. The number of rotatable bonds is 3. The summed E-state index contributed by atoms with van der Waals surface area (Å²) in [5.74, 6) is 0.471. The van der Waals surface area contributed by atoms with Gasteiger partial charge in [-0.1, -0.05) is 30.3 Å². The molecule has 1 fully saturated rings. The average Bonchev–Trinajstić information content (AvgIpc) is 2.78. The van der Waals surface area contributed by atoms with E-state index in [4.69, 9.17) is 0 Å². The van der Waals surface area contributed by atoms with Crippen molar-refractivity contribution < 1.29 is 13.5 Å². The minimum absolute atomic E-state index is 0.222. The zero-order valence-corrected chi connectivity index (χ0v) is 12.4. The first-order valence-electron chi connectivity index (χ1n) is 6.91. The Kier molecular flexibility index (Phi) is 3.69. The molecule has 4 nitrogen and oxygen atoms in total. The number of nitrogens with zero attached hydrogens (tertiary/aromatic N) is 1. The molecule has 1 aliphatic rings. The number of hydrogen-bond donors (Lipinski definition) is 1. The van der Waals surface area contributed by atoms with Gasteiger partial charge in [-0.3, -0.25) is 0 Å². The smallest absolute Gasteiger partial charge is 0.214 e. The summed E-state index contributed by atoms with van der Waals surface area (Å²) < 4.78 is 25.3. The van der Waals surface area contributed by atoms with E-state index < -0.39 is 10.0 Å². The molecule has 0 aliphatic carbocycles. The summed E-state index contributed by atoms with van der Waals surface area (Å²) in [6.07, 6.45) is 0.703. The zero-order valence-electron chi connectivity index (χ0n) is 11.6.